The minimum atomic E-state index is -0.437. The Labute approximate surface area is 127 Å². The Morgan fingerprint density at radius 1 is 1.18 bits per heavy atom. The van der Waals surface area contributed by atoms with Crippen LogP contribution in [0.25, 0.3) is 32.5 Å². The summed E-state index contributed by atoms with van der Waals surface area (Å²) in [7, 11) is 0. The lowest BCUT2D eigenvalue weighted by Gasteiger charge is -2.04. The van der Waals surface area contributed by atoms with E-state index in [-0.39, 0.29) is 16.8 Å². The van der Waals surface area contributed by atoms with Gasteiger partial charge in [-0.15, -0.1) is 0 Å². The molecule has 4 nitrogen and oxygen atoms in total. The van der Waals surface area contributed by atoms with Gasteiger partial charge < -0.3 is 10.2 Å². The van der Waals surface area contributed by atoms with Gasteiger partial charge in [0.15, 0.2) is 10.6 Å². The molecule has 2 heterocycles. The number of benzene rings is 2. The summed E-state index contributed by atoms with van der Waals surface area (Å²) in [5.41, 5.74) is 6.76. The van der Waals surface area contributed by atoms with Crippen molar-refractivity contribution < 1.29 is 8.81 Å². The minimum absolute atomic E-state index is 0.201. The van der Waals surface area contributed by atoms with Crippen LogP contribution in [0.2, 0.25) is 0 Å². The summed E-state index contributed by atoms with van der Waals surface area (Å²) in [5.74, 6) is -0.236. The average Bonchev–Trinajstić information content (AvgIpc) is 2.87. The van der Waals surface area contributed by atoms with Crippen LogP contribution in [0, 0.1) is 5.82 Å². The third kappa shape index (κ3) is 1.88. The van der Waals surface area contributed by atoms with Crippen molar-refractivity contribution in [3.05, 3.63) is 58.5 Å². The number of rotatable bonds is 1. The highest BCUT2D eigenvalue weighted by atomic mass is 32.1. The smallest absolute Gasteiger partial charge is 0.194 e. The number of nitrogens with zero attached hydrogens (tertiary/aromatic N) is 1. The Morgan fingerprint density at radius 3 is 2.82 bits per heavy atom. The molecule has 2 aromatic carbocycles. The molecule has 108 valence electrons. The van der Waals surface area contributed by atoms with E-state index in [2.05, 4.69) is 4.98 Å². The largest absolute Gasteiger partial charge is 0.456 e. The molecule has 0 spiro atoms. The first-order chi connectivity index (χ1) is 10.6. The highest BCUT2D eigenvalue weighted by Gasteiger charge is 2.14. The number of halogens is 1. The summed E-state index contributed by atoms with van der Waals surface area (Å²) in [5, 5.41) is 0.812. The van der Waals surface area contributed by atoms with Crippen molar-refractivity contribution in [2.24, 2.45) is 0 Å². The Balaban J connectivity index is 2.08. The van der Waals surface area contributed by atoms with Gasteiger partial charge in [-0.25, -0.2) is 9.37 Å². The Bertz CT molecular complexity index is 1080. The molecule has 0 unspecified atom stereocenters. The van der Waals surface area contributed by atoms with Crippen molar-refractivity contribution in [3.8, 4) is 11.3 Å². The number of fused-ring (bicyclic) bond motifs is 3. The van der Waals surface area contributed by atoms with Gasteiger partial charge in [-0.1, -0.05) is 23.5 Å². The molecule has 4 rings (SSSR count). The monoisotopic (exact) mass is 312 g/mol. The number of hydrogen-bond acceptors (Lipinski definition) is 5. The van der Waals surface area contributed by atoms with E-state index >= 15 is 0 Å². The van der Waals surface area contributed by atoms with Crippen LogP contribution in [0.5, 0.6) is 0 Å². The normalized spacial score (nSPS) is 11.3. The van der Waals surface area contributed by atoms with Gasteiger partial charge in [-0.2, -0.15) is 0 Å². The van der Waals surface area contributed by atoms with Crippen LogP contribution in [-0.4, -0.2) is 4.98 Å². The van der Waals surface area contributed by atoms with Crippen molar-refractivity contribution in [3.63, 3.8) is 0 Å². The lowest BCUT2D eigenvalue weighted by atomic mass is 10.1. The zero-order valence-corrected chi connectivity index (χ0v) is 12.0. The molecule has 0 aliphatic carbocycles. The molecule has 0 saturated carbocycles. The summed E-state index contributed by atoms with van der Waals surface area (Å²) in [4.78, 5) is 16.6. The highest BCUT2D eigenvalue weighted by Crippen LogP contribution is 2.32. The van der Waals surface area contributed by atoms with Crippen LogP contribution in [-0.2, 0) is 0 Å². The molecule has 0 radical (unpaired) electrons. The van der Waals surface area contributed by atoms with Crippen molar-refractivity contribution >= 4 is 37.7 Å². The van der Waals surface area contributed by atoms with E-state index in [4.69, 9.17) is 10.2 Å². The van der Waals surface area contributed by atoms with Gasteiger partial charge in [0.25, 0.3) is 0 Å². The van der Waals surface area contributed by atoms with E-state index in [0.717, 1.165) is 0 Å². The second-order valence-corrected chi connectivity index (χ2v) is 5.82. The molecule has 0 amide bonds. The lowest BCUT2D eigenvalue weighted by Crippen LogP contribution is -2.01. The number of nitrogen functional groups attached to an aromatic ring is 1. The molecule has 0 saturated heterocycles. The van der Waals surface area contributed by atoms with Gasteiger partial charge in [0.1, 0.15) is 17.2 Å². The second-order valence-electron chi connectivity index (χ2n) is 4.79. The van der Waals surface area contributed by atoms with Gasteiger partial charge >= 0.3 is 0 Å². The fourth-order valence-electron chi connectivity index (χ4n) is 2.44. The SMILES string of the molecule is Nc1nc2ccc3oc(-c4ccccc4F)cc(=O)c3c2s1. The first-order valence-electron chi connectivity index (χ1n) is 6.51. The van der Waals surface area contributed by atoms with E-state index in [1.807, 2.05) is 0 Å². The third-order valence-corrected chi connectivity index (χ3v) is 4.32. The number of hydrogen-bond donors (Lipinski definition) is 1. The molecule has 0 atom stereocenters. The third-order valence-electron chi connectivity index (χ3n) is 3.40. The quantitative estimate of drug-likeness (QED) is 0.580. The first-order valence-corrected chi connectivity index (χ1v) is 7.33. The summed E-state index contributed by atoms with van der Waals surface area (Å²) in [6, 6.07) is 10.9. The second kappa shape index (κ2) is 4.64. The van der Waals surface area contributed by atoms with Crippen LogP contribution in [0.4, 0.5) is 9.52 Å². The van der Waals surface area contributed by atoms with Crippen LogP contribution < -0.4 is 11.2 Å². The van der Waals surface area contributed by atoms with E-state index in [0.29, 0.717) is 26.3 Å². The van der Waals surface area contributed by atoms with Gasteiger partial charge in [0.2, 0.25) is 0 Å². The van der Waals surface area contributed by atoms with E-state index < -0.39 is 5.82 Å². The number of anilines is 1. The van der Waals surface area contributed by atoms with Crippen molar-refractivity contribution in [1.82, 2.24) is 4.98 Å². The van der Waals surface area contributed by atoms with E-state index in [1.54, 1.807) is 30.3 Å². The molecule has 0 fully saturated rings. The topological polar surface area (TPSA) is 69.1 Å². The molecule has 22 heavy (non-hydrogen) atoms. The average molecular weight is 312 g/mol. The van der Waals surface area contributed by atoms with Crippen LogP contribution in [0.3, 0.4) is 0 Å². The maximum atomic E-state index is 13.9. The number of aromatic nitrogens is 1. The zero-order valence-electron chi connectivity index (χ0n) is 11.2. The van der Waals surface area contributed by atoms with E-state index in [9.17, 15) is 9.18 Å². The molecule has 0 aliphatic heterocycles. The molecule has 4 aromatic rings. The summed E-state index contributed by atoms with van der Waals surface area (Å²) >= 11 is 1.23. The molecular weight excluding hydrogens is 303 g/mol. The summed E-state index contributed by atoms with van der Waals surface area (Å²) in [6.45, 7) is 0. The molecular formula is C16H9FN2O2S. The van der Waals surface area contributed by atoms with Gasteiger partial charge in [-0.05, 0) is 24.3 Å². The van der Waals surface area contributed by atoms with Crippen LogP contribution in [0.15, 0.2) is 51.7 Å². The standard InChI is InChI=1S/C16H9FN2O2S/c17-9-4-2-1-3-8(9)13-7-11(20)14-12(21-13)6-5-10-15(14)22-16(18)19-10/h1-7H,(H2,18,19). The number of nitrogens with two attached hydrogens (primary N) is 1. The van der Waals surface area contributed by atoms with Gasteiger partial charge in [-0.3, -0.25) is 4.79 Å². The lowest BCUT2D eigenvalue weighted by molar-refractivity contribution is 0.594. The van der Waals surface area contributed by atoms with Crippen molar-refractivity contribution in [2.75, 3.05) is 5.73 Å². The fourth-order valence-corrected chi connectivity index (χ4v) is 3.32. The Kier molecular flexibility index (Phi) is 2.74. The van der Waals surface area contributed by atoms with Gasteiger partial charge in [0.05, 0.1) is 21.2 Å². The summed E-state index contributed by atoms with van der Waals surface area (Å²) in [6.07, 6.45) is 0. The number of thiazole rings is 1. The zero-order chi connectivity index (χ0) is 15.3. The molecule has 2 aromatic heterocycles. The van der Waals surface area contributed by atoms with Crippen molar-refractivity contribution in [1.29, 1.82) is 0 Å². The maximum absolute atomic E-state index is 13.9. The molecule has 6 heteroatoms. The molecule has 2 N–H and O–H groups in total. The van der Waals surface area contributed by atoms with Crippen LogP contribution >= 0.6 is 11.3 Å². The molecule has 0 aliphatic rings. The van der Waals surface area contributed by atoms with E-state index in [1.165, 1.54) is 23.5 Å². The Hall–Kier alpha value is -2.73. The predicted molar refractivity (Wildman–Crippen MR) is 85.5 cm³/mol. The Morgan fingerprint density at radius 2 is 2.00 bits per heavy atom. The molecule has 0 bridgehead atoms. The fraction of sp³-hybridized carbons (Fsp3) is 0. The first kappa shape index (κ1) is 13.0. The minimum Gasteiger partial charge on any atom is -0.456 e. The van der Waals surface area contributed by atoms with Crippen molar-refractivity contribution in [2.45, 2.75) is 0 Å². The highest BCUT2D eigenvalue weighted by molar-refractivity contribution is 7.22. The predicted octanol–water partition coefficient (Wildman–Crippen LogP) is 3.79. The summed E-state index contributed by atoms with van der Waals surface area (Å²) < 4.78 is 20.3. The maximum Gasteiger partial charge on any atom is 0.194 e. The van der Waals surface area contributed by atoms with Gasteiger partial charge in [0, 0.05) is 6.07 Å². The van der Waals surface area contributed by atoms with Crippen LogP contribution in [0.1, 0.15) is 0 Å².